The van der Waals surface area contributed by atoms with Crippen LogP contribution in [0.15, 0.2) is 52.3 Å². The molecule has 8 heteroatoms. The van der Waals surface area contributed by atoms with Crippen LogP contribution in [0.25, 0.3) is 0 Å². The van der Waals surface area contributed by atoms with Crippen molar-refractivity contribution in [3.8, 4) is 0 Å². The third-order valence-corrected chi connectivity index (χ3v) is 6.21. The molecular weight excluding hydrogens is 368 g/mol. The first-order valence-corrected chi connectivity index (χ1v) is 9.96. The van der Waals surface area contributed by atoms with Gasteiger partial charge in [0.2, 0.25) is 5.91 Å². The van der Waals surface area contributed by atoms with Crippen LogP contribution in [0.3, 0.4) is 0 Å². The van der Waals surface area contributed by atoms with Crippen LogP contribution in [0.1, 0.15) is 13.3 Å². The molecule has 5 nitrogen and oxygen atoms in total. The van der Waals surface area contributed by atoms with Gasteiger partial charge >= 0.3 is 0 Å². The predicted octanol–water partition coefficient (Wildman–Crippen LogP) is 3.96. The average molecular weight is 383 g/mol. The summed E-state index contributed by atoms with van der Waals surface area (Å²) in [7, 11) is -3.78. The number of rotatable bonds is 3. The molecule has 0 aliphatic carbocycles. The van der Waals surface area contributed by atoms with Gasteiger partial charge in [-0.25, -0.2) is 8.42 Å². The Labute approximate surface area is 149 Å². The molecule has 2 aromatic carbocycles. The molecule has 126 valence electrons. The second-order valence-electron chi connectivity index (χ2n) is 5.45. The smallest absolute Gasteiger partial charge is 0.261 e. The summed E-state index contributed by atoms with van der Waals surface area (Å²) in [5.74, 6) is -0.119. The Morgan fingerprint density at radius 2 is 2.04 bits per heavy atom. The molecule has 3 rings (SSSR count). The van der Waals surface area contributed by atoms with E-state index in [4.69, 9.17) is 11.6 Å². The molecule has 2 aromatic rings. The van der Waals surface area contributed by atoms with E-state index in [2.05, 4.69) is 10.0 Å². The van der Waals surface area contributed by atoms with Crippen LogP contribution < -0.4 is 10.0 Å². The molecule has 1 unspecified atom stereocenters. The van der Waals surface area contributed by atoms with E-state index >= 15 is 0 Å². The number of carbonyl (C=O) groups excluding carboxylic acids is 1. The third-order valence-electron chi connectivity index (χ3n) is 3.41. The maximum atomic E-state index is 12.6. The molecule has 1 aliphatic heterocycles. The highest BCUT2D eigenvalue weighted by atomic mass is 35.5. The van der Waals surface area contributed by atoms with E-state index < -0.39 is 10.0 Å². The molecule has 0 saturated heterocycles. The molecule has 1 heterocycles. The van der Waals surface area contributed by atoms with Crippen molar-refractivity contribution < 1.29 is 13.2 Å². The minimum Gasteiger partial charge on any atom is -0.325 e. The molecule has 1 atom stereocenters. The molecule has 24 heavy (non-hydrogen) atoms. The zero-order valence-corrected chi connectivity index (χ0v) is 15.1. The fourth-order valence-electron chi connectivity index (χ4n) is 2.36. The van der Waals surface area contributed by atoms with Gasteiger partial charge in [0.1, 0.15) is 0 Å². The lowest BCUT2D eigenvalue weighted by molar-refractivity contribution is -0.116. The van der Waals surface area contributed by atoms with Crippen molar-refractivity contribution in [2.75, 3.05) is 10.0 Å². The van der Waals surface area contributed by atoms with E-state index in [0.717, 1.165) is 4.90 Å². The Morgan fingerprint density at radius 3 is 2.79 bits per heavy atom. The van der Waals surface area contributed by atoms with Crippen molar-refractivity contribution in [1.82, 2.24) is 0 Å². The Bertz CT molecular complexity index is 900. The van der Waals surface area contributed by atoms with E-state index in [1.807, 2.05) is 6.92 Å². The monoisotopic (exact) mass is 382 g/mol. The van der Waals surface area contributed by atoms with Crippen LogP contribution in [0.2, 0.25) is 5.02 Å². The predicted molar refractivity (Wildman–Crippen MR) is 97.3 cm³/mol. The van der Waals surface area contributed by atoms with E-state index in [9.17, 15) is 13.2 Å². The van der Waals surface area contributed by atoms with Crippen molar-refractivity contribution in [2.24, 2.45) is 0 Å². The Morgan fingerprint density at radius 1 is 1.25 bits per heavy atom. The maximum Gasteiger partial charge on any atom is 0.261 e. The van der Waals surface area contributed by atoms with Crippen LogP contribution in [-0.2, 0) is 14.8 Å². The summed E-state index contributed by atoms with van der Waals surface area (Å²) in [4.78, 5) is 12.8. The Hall–Kier alpha value is -1.70. The van der Waals surface area contributed by atoms with Gasteiger partial charge in [-0.15, -0.1) is 11.8 Å². The largest absolute Gasteiger partial charge is 0.325 e. The van der Waals surface area contributed by atoms with Gasteiger partial charge in [-0.2, -0.15) is 0 Å². The molecule has 0 radical (unpaired) electrons. The quantitative estimate of drug-likeness (QED) is 0.842. The lowest BCUT2D eigenvalue weighted by atomic mass is 10.3. The van der Waals surface area contributed by atoms with Gasteiger partial charge < -0.3 is 5.32 Å². The molecular formula is C16H15ClN2O3S2. The van der Waals surface area contributed by atoms with Crippen molar-refractivity contribution in [1.29, 1.82) is 0 Å². The van der Waals surface area contributed by atoms with E-state index in [-0.39, 0.29) is 16.1 Å². The van der Waals surface area contributed by atoms with Gasteiger partial charge in [-0.05, 0) is 36.4 Å². The first-order chi connectivity index (χ1) is 11.3. The van der Waals surface area contributed by atoms with Gasteiger partial charge in [0.05, 0.1) is 16.3 Å². The number of halogens is 1. The van der Waals surface area contributed by atoms with E-state index in [1.54, 1.807) is 36.0 Å². The maximum absolute atomic E-state index is 12.6. The zero-order chi connectivity index (χ0) is 17.3. The topological polar surface area (TPSA) is 75.3 Å². The number of thioether (sulfide) groups is 1. The van der Waals surface area contributed by atoms with Crippen LogP contribution in [0.5, 0.6) is 0 Å². The van der Waals surface area contributed by atoms with Gasteiger partial charge in [0, 0.05) is 21.6 Å². The lowest BCUT2D eigenvalue weighted by Crippen LogP contribution is -2.15. The minimum absolute atomic E-state index is 0.0803. The highest BCUT2D eigenvalue weighted by Crippen LogP contribution is 2.36. The zero-order valence-electron chi connectivity index (χ0n) is 12.7. The second-order valence-corrected chi connectivity index (χ2v) is 9.05. The number of amides is 1. The molecule has 0 aromatic heterocycles. The summed E-state index contributed by atoms with van der Waals surface area (Å²) in [6, 6.07) is 11.2. The summed E-state index contributed by atoms with van der Waals surface area (Å²) >= 11 is 7.42. The molecule has 0 spiro atoms. The summed E-state index contributed by atoms with van der Waals surface area (Å²) in [6.45, 7) is 1.96. The van der Waals surface area contributed by atoms with Crippen LogP contribution in [0, 0.1) is 0 Å². The number of hydrogen-bond acceptors (Lipinski definition) is 4. The molecule has 0 saturated carbocycles. The molecule has 0 fully saturated rings. The van der Waals surface area contributed by atoms with Crippen LogP contribution in [-0.4, -0.2) is 19.6 Å². The minimum atomic E-state index is -3.78. The summed E-state index contributed by atoms with van der Waals surface area (Å²) in [5.41, 5.74) is 0.896. The lowest BCUT2D eigenvalue weighted by Gasteiger charge is -2.12. The van der Waals surface area contributed by atoms with Crippen LogP contribution >= 0.6 is 23.4 Å². The highest BCUT2D eigenvalue weighted by Gasteiger charge is 2.22. The number of hydrogen-bond donors (Lipinski definition) is 2. The average Bonchev–Trinajstić information content (AvgIpc) is 2.62. The molecule has 2 N–H and O–H groups in total. The van der Waals surface area contributed by atoms with Gasteiger partial charge in [-0.3, -0.25) is 9.52 Å². The SMILES string of the molecule is CC1CC(=O)Nc2cc(S(=O)(=O)Nc3cccc(Cl)c3)ccc2S1. The van der Waals surface area contributed by atoms with E-state index in [0.29, 0.717) is 22.8 Å². The van der Waals surface area contributed by atoms with Gasteiger partial charge in [-0.1, -0.05) is 24.6 Å². The first kappa shape index (κ1) is 17.1. The first-order valence-electron chi connectivity index (χ1n) is 7.22. The summed E-state index contributed by atoms with van der Waals surface area (Å²) in [6.07, 6.45) is 0.391. The molecule has 1 amide bonds. The normalized spacial score (nSPS) is 17.6. The second kappa shape index (κ2) is 6.66. The van der Waals surface area contributed by atoms with Crippen molar-refractivity contribution in [3.63, 3.8) is 0 Å². The number of benzene rings is 2. The number of fused-ring (bicyclic) bond motifs is 1. The van der Waals surface area contributed by atoms with Crippen LogP contribution in [0.4, 0.5) is 11.4 Å². The van der Waals surface area contributed by atoms with Crippen molar-refractivity contribution in [3.05, 3.63) is 47.5 Å². The van der Waals surface area contributed by atoms with Crippen molar-refractivity contribution >= 4 is 50.7 Å². The van der Waals surface area contributed by atoms with Gasteiger partial charge in [0.15, 0.2) is 0 Å². The van der Waals surface area contributed by atoms with Crippen molar-refractivity contribution in [2.45, 2.75) is 28.4 Å². The summed E-state index contributed by atoms with van der Waals surface area (Å²) < 4.78 is 27.6. The third kappa shape index (κ3) is 3.85. The van der Waals surface area contributed by atoms with E-state index in [1.165, 1.54) is 18.2 Å². The molecule has 1 aliphatic rings. The fraction of sp³-hybridized carbons (Fsp3) is 0.188. The number of sulfonamides is 1. The molecule has 0 bridgehead atoms. The number of anilines is 2. The highest BCUT2D eigenvalue weighted by molar-refractivity contribution is 8.00. The number of nitrogens with one attached hydrogen (secondary N) is 2. The van der Waals surface area contributed by atoms with Gasteiger partial charge in [0.25, 0.3) is 10.0 Å². The summed E-state index contributed by atoms with van der Waals surface area (Å²) in [5, 5.41) is 3.34. The standard InChI is InChI=1S/C16H15ClN2O3S2/c1-10-7-16(20)18-14-9-13(5-6-15(14)23-10)24(21,22)19-12-4-2-3-11(17)8-12/h2-6,8-10,19H,7H2,1H3,(H,18,20). The number of carbonyl (C=O) groups is 1. The Kier molecular flexibility index (Phi) is 4.76. The fourth-order valence-corrected chi connectivity index (χ4v) is 4.68. The Balaban J connectivity index is 1.93.